The lowest BCUT2D eigenvalue weighted by molar-refractivity contribution is -0.143. The Bertz CT molecular complexity index is 964. The third-order valence-electron chi connectivity index (χ3n) is 5.27. The molecule has 0 aliphatic carbocycles. The number of fused-ring (bicyclic) bond motifs is 1. The van der Waals surface area contributed by atoms with Crippen LogP contribution >= 0.6 is 0 Å². The average molecular weight is 413 g/mol. The summed E-state index contributed by atoms with van der Waals surface area (Å²) in [6, 6.07) is 4.56. The minimum Gasteiger partial charge on any atom is -0.469 e. The summed E-state index contributed by atoms with van der Waals surface area (Å²) < 4.78 is 4.69. The number of carbonyl (C=O) groups excluding carboxylic acids is 3. The molecule has 2 amide bonds. The van der Waals surface area contributed by atoms with E-state index in [0.717, 1.165) is 28.5 Å². The van der Waals surface area contributed by atoms with Crippen molar-refractivity contribution in [3.63, 3.8) is 0 Å². The number of aromatic nitrogens is 2. The number of esters is 1. The van der Waals surface area contributed by atoms with Crippen molar-refractivity contribution in [2.24, 2.45) is 0 Å². The number of aryl methyl sites for hydroxylation is 2. The van der Waals surface area contributed by atoms with Crippen LogP contribution in [0.4, 0.5) is 5.69 Å². The van der Waals surface area contributed by atoms with E-state index in [1.807, 2.05) is 13.8 Å². The van der Waals surface area contributed by atoms with Crippen molar-refractivity contribution in [3.05, 3.63) is 46.5 Å². The SMILES string of the molecule is COC(=O)CC1Nc2ccc(C(=O)N(C)Cc3nc(C)c(C)[nH]3)cc2CN(C)C1=O. The van der Waals surface area contributed by atoms with E-state index in [9.17, 15) is 14.4 Å². The highest BCUT2D eigenvalue weighted by Crippen LogP contribution is 2.25. The fourth-order valence-electron chi connectivity index (χ4n) is 3.45. The molecule has 9 nitrogen and oxygen atoms in total. The summed E-state index contributed by atoms with van der Waals surface area (Å²) in [4.78, 5) is 47.9. The molecular weight excluding hydrogens is 386 g/mol. The number of imidazole rings is 1. The second-order valence-corrected chi connectivity index (χ2v) is 7.60. The first kappa shape index (κ1) is 21.4. The van der Waals surface area contributed by atoms with E-state index in [0.29, 0.717) is 18.7 Å². The molecule has 2 heterocycles. The first-order valence-electron chi connectivity index (χ1n) is 9.68. The Hall–Kier alpha value is -3.36. The summed E-state index contributed by atoms with van der Waals surface area (Å²) in [6.07, 6.45) is -0.0650. The monoisotopic (exact) mass is 413 g/mol. The largest absolute Gasteiger partial charge is 0.469 e. The van der Waals surface area contributed by atoms with E-state index in [1.54, 1.807) is 42.1 Å². The Kier molecular flexibility index (Phi) is 6.09. The second kappa shape index (κ2) is 8.56. The van der Waals surface area contributed by atoms with Gasteiger partial charge in [-0.05, 0) is 37.6 Å². The number of benzene rings is 1. The van der Waals surface area contributed by atoms with Gasteiger partial charge in [-0.15, -0.1) is 0 Å². The molecule has 2 aromatic rings. The molecule has 1 aliphatic heterocycles. The number of ether oxygens (including phenoxy) is 1. The highest BCUT2D eigenvalue weighted by atomic mass is 16.5. The van der Waals surface area contributed by atoms with Crippen LogP contribution in [-0.4, -0.2) is 64.8 Å². The highest BCUT2D eigenvalue weighted by molar-refractivity contribution is 5.95. The first-order valence-corrected chi connectivity index (χ1v) is 9.68. The highest BCUT2D eigenvalue weighted by Gasteiger charge is 2.30. The topological polar surface area (TPSA) is 108 Å². The third-order valence-corrected chi connectivity index (χ3v) is 5.27. The van der Waals surface area contributed by atoms with Gasteiger partial charge < -0.3 is 24.8 Å². The van der Waals surface area contributed by atoms with E-state index >= 15 is 0 Å². The molecule has 1 aromatic heterocycles. The number of likely N-dealkylation sites (N-methyl/N-ethyl adjacent to an activating group) is 1. The number of carbonyl (C=O) groups is 3. The zero-order valence-electron chi connectivity index (χ0n) is 17.9. The Morgan fingerprint density at radius 3 is 2.70 bits per heavy atom. The van der Waals surface area contributed by atoms with Crippen molar-refractivity contribution < 1.29 is 19.1 Å². The first-order chi connectivity index (χ1) is 14.2. The van der Waals surface area contributed by atoms with Gasteiger partial charge in [0.1, 0.15) is 11.9 Å². The number of aromatic amines is 1. The Morgan fingerprint density at radius 2 is 2.07 bits per heavy atom. The van der Waals surface area contributed by atoms with Crippen LogP contribution in [0, 0.1) is 13.8 Å². The zero-order chi connectivity index (χ0) is 22.0. The maximum Gasteiger partial charge on any atom is 0.308 e. The lowest BCUT2D eigenvalue weighted by Crippen LogP contribution is -2.39. The summed E-state index contributed by atoms with van der Waals surface area (Å²) in [5, 5.41) is 3.12. The summed E-state index contributed by atoms with van der Waals surface area (Å²) in [6.45, 7) is 4.56. The van der Waals surface area contributed by atoms with Crippen molar-refractivity contribution in [1.82, 2.24) is 19.8 Å². The maximum atomic E-state index is 12.9. The number of rotatable bonds is 5. The van der Waals surface area contributed by atoms with Crippen LogP contribution in [0.1, 0.15) is 39.6 Å². The van der Waals surface area contributed by atoms with E-state index in [-0.39, 0.29) is 18.2 Å². The van der Waals surface area contributed by atoms with Crippen molar-refractivity contribution in [3.8, 4) is 0 Å². The minimum atomic E-state index is -0.710. The number of methoxy groups -OCH3 is 1. The van der Waals surface area contributed by atoms with Crippen molar-refractivity contribution in [2.45, 2.75) is 39.4 Å². The Morgan fingerprint density at radius 1 is 1.33 bits per heavy atom. The zero-order valence-corrected chi connectivity index (χ0v) is 17.9. The summed E-state index contributed by atoms with van der Waals surface area (Å²) >= 11 is 0. The van der Waals surface area contributed by atoms with E-state index < -0.39 is 12.0 Å². The minimum absolute atomic E-state index is 0.0650. The number of anilines is 1. The van der Waals surface area contributed by atoms with Gasteiger partial charge in [0.2, 0.25) is 5.91 Å². The molecule has 0 fully saturated rings. The predicted octanol–water partition coefficient (Wildman–Crippen LogP) is 1.61. The lowest BCUT2D eigenvalue weighted by atomic mass is 10.1. The molecule has 3 rings (SSSR count). The molecule has 0 saturated carbocycles. The van der Waals surface area contributed by atoms with Gasteiger partial charge in [0.05, 0.1) is 25.8 Å². The summed E-state index contributed by atoms with van der Waals surface area (Å²) in [7, 11) is 4.69. The van der Waals surface area contributed by atoms with Crippen LogP contribution in [0.25, 0.3) is 0 Å². The quantitative estimate of drug-likeness (QED) is 0.721. The molecule has 0 bridgehead atoms. The lowest BCUT2D eigenvalue weighted by Gasteiger charge is -2.19. The molecule has 1 aliphatic rings. The molecular formula is C21H27N5O4. The maximum absolute atomic E-state index is 12.9. The smallest absolute Gasteiger partial charge is 0.308 e. The molecule has 0 saturated heterocycles. The van der Waals surface area contributed by atoms with Gasteiger partial charge in [-0.3, -0.25) is 14.4 Å². The van der Waals surface area contributed by atoms with Gasteiger partial charge in [0.15, 0.2) is 0 Å². The molecule has 2 N–H and O–H groups in total. The second-order valence-electron chi connectivity index (χ2n) is 7.60. The third kappa shape index (κ3) is 4.45. The van der Waals surface area contributed by atoms with Gasteiger partial charge in [-0.25, -0.2) is 4.98 Å². The van der Waals surface area contributed by atoms with Crippen molar-refractivity contribution in [1.29, 1.82) is 0 Å². The molecule has 0 radical (unpaired) electrons. The van der Waals surface area contributed by atoms with Crippen molar-refractivity contribution in [2.75, 3.05) is 26.5 Å². The molecule has 1 aromatic carbocycles. The molecule has 0 spiro atoms. The molecule has 9 heteroatoms. The standard InChI is InChI=1S/C21H27N5O4/c1-12-13(2)23-18(22-12)11-26(4)20(28)14-6-7-16-15(8-14)10-25(3)21(29)17(24-16)9-19(27)30-5/h6-8,17,24H,9-11H2,1-5H3,(H,22,23). The van der Waals surface area contributed by atoms with Crippen LogP contribution in [0.3, 0.4) is 0 Å². The molecule has 1 atom stereocenters. The van der Waals surface area contributed by atoms with Crippen LogP contribution in [-0.2, 0) is 27.4 Å². The van der Waals surface area contributed by atoms with Crippen LogP contribution in [0.2, 0.25) is 0 Å². The van der Waals surface area contributed by atoms with Gasteiger partial charge >= 0.3 is 5.97 Å². The summed E-state index contributed by atoms with van der Waals surface area (Å²) in [5.41, 5.74) is 3.94. The van der Waals surface area contributed by atoms with Crippen LogP contribution in [0.5, 0.6) is 0 Å². The van der Waals surface area contributed by atoms with Gasteiger partial charge in [0, 0.05) is 37.6 Å². The normalized spacial score (nSPS) is 15.8. The van der Waals surface area contributed by atoms with E-state index in [2.05, 4.69) is 15.3 Å². The Labute approximate surface area is 175 Å². The number of H-pyrrole nitrogens is 1. The molecule has 1 unspecified atom stereocenters. The fourth-order valence-corrected chi connectivity index (χ4v) is 3.45. The number of hydrogen-bond acceptors (Lipinski definition) is 6. The number of nitrogens with zero attached hydrogens (tertiary/aromatic N) is 3. The molecule has 160 valence electrons. The van der Waals surface area contributed by atoms with Crippen LogP contribution < -0.4 is 5.32 Å². The fraction of sp³-hybridized carbons (Fsp3) is 0.429. The predicted molar refractivity (Wildman–Crippen MR) is 111 cm³/mol. The number of hydrogen-bond donors (Lipinski definition) is 2. The van der Waals surface area contributed by atoms with E-state index in [1.165, 1.54) is 7.11 Å². The average Bonchev–Trinajstić information content (AvgIpc) is 2.97. The summed E-state index contributed by atoms with van der Waals surface area (Å²) in [5.74, 6) is -0.0817. The van der Waals surface area contributed by atoms with Gasteiger partial charge in [-0.1, -0.05) is 0 Å². The van der Waals surface area contributed by atoms with E-state index in [4.69, 9.17) is 4.74 Å². The molecule has 30 heavy (non-hydrogen) atoms. The number of amides is 2. The van der Waals surface area contributed by atoms with Gasteiger partial charge in [-0.2, -0.15) is 0 Å². The number of nitrogens with one attached hydrogen (secondary N) is 2. The van der Waals surface area contributed by atoms with Crippen molar-refractivity contribution >= 4 is 23.5 Å². The van der Waals surface area contributed by atoms with Gasteiger partial charge in [0.25, 0.3) is 5.91 Å². The van der Waals surface area contributed by atoms with Crippen LogP contribution in [0.15, 0.2) is 18.2 Å². The Balaban J connectivity index is 1.79.